The van der Waals surface area contributed by atoms with Gasteiger partial charge in [-0.3, -0.25) is 14.7 Å². The van der Waals surface area contributed by atoms with E-state index < -0.39 is 11.9 Å². The molecule has 1 unspecified atom stereocenters. The molecule has 2 aromatic rings. The van der Waals surface area contributed by atoms with E-state index in [-0.39, 0.29) is 18.5 Å². The molecule has 7 heteroatoms. The van der Waals surface area contributed by atoms with Gasteiger partial charge in [0.05, 0.1) is 11.6 Å². The standard InChI is InChI=1S/C17H18BrN3O3/c1-10(17(23)24)9-21(13-6-7-13)16(22)15-8-14(19-20-15)11-2-4-12(18)5-3-11/h2-5,8,10,13H,6-7,9H2,1H3,(H,19,20)(H,23,24). The number of carboxylic acids is 1. The Balaban J connectivity index is 1.78. The van der Waals surface area contributed by atoms with Crippen LogP contribution in [0.15, 0.2) is 34.8 Å². The highest BCUT2D eigenvalue weighted by Gasteiger charge is 2.35. The quantitative estimate of drug-likeness (QED) is 0.791. The van der Waals surface area contributed by atoms with Gasteiger partial charge in [0.2, 0.25) is 0 Å². The number of aliphatic carboxylic acids is 1. The van der Waals surface area contributed by atoms with Gasteiger partial charge >= 0.3 is 5.97 Å². The molecule has 1 amide bonds. The largest absolute Gasteiger partial charge is 0.481 e. The van der Waals surface area contributed by atoms with E-state index in [1.54, 1.807) is 17.9 Å². The van der Waals surface area contributed by atoms with E-state index in [4.69, 9.17) is 5.11 Å². The Hall–Kier alpha value is -2.15. The number of aromatic nitrogens is 2. The number of hydrogen-bond acceptors (Lipinski definition) is 3. The second-order valence-corrected chi connectivity index (χ2v) is 7.02. The van der Waals surface area contributed by atoms with Gasteiger partial charge in [-0.2, -0.15) is 5.10 Å². The minimum Gasteiger partial charge on any atom is -0.481 e. The number of H-pyrrole nitrogens is 1. The van der Waals surface area contributed by atoms with Crippen LogP contribution in [0.5, 0.6) is 0 Å². The highest BCUT2D eigenvalue weighted by atomic mass is 79.9. The van der Waals surface area contributed by atoms with Gasteiger partial charge in [-0.05, 0) is 31.0 Å². The molecule has 24 heavy (non-hydrogen) atoms. The van der Waals surface area contributed by atoms with Gasteiger partial charge < -0.3 is 10.0 Å². The summed E-state index contributed by atoms with van der Waals surface area (Å²) in [6.45, 7) is 1.83. The highest BCUT2D eigenvalue weighted by Crippen LogP contribution is 2.29. The molecule has 1 aliphatic rings. The molecule has 0 aliphatic heterocycles. The zero-order chi connectivity index (χ0) is 17.3. The average Bonchev–Trinajstić information content (AvgIpc) is 3.28. The summed E-state index contributed by atoms with van der Waals surface area (Å²) < 4.78 is 0.973. The summed E-state index contributed by atoms with van der Waals surface area (Å²) in [6, 6.07) is 9.51. The van der Waals surface area contributed by atoms with Crippen molar-refractivity contribution < 1.29 is 14.7 Å². The first kappa shape index (κ1) is 16.7. The molecule has 0 spiro atoms. The molecule has 2 N–H and O–H groups in total. The number of nitrogens with one attached hydrogen (secondary N) is 1. The number of amides is 1. The lowest BCUT2D eigenvalue weighted by molar-refractivity contribution is -0.141. The second-order valence-electron chi connectivity index (χ2n) is 6.10. The van der Waals surface area contributed by atoms with Crippen molar-refractivity contribution in [3.05, 3.63) is 40.5 Å². The first-order valence-electron chi connectivity index (χ1n) is 7.81. The Bertz CT molecular complexity index is 753. The highest BCUT2D eigenvalue weighted by molar-refractivity contribution is 9.10. The number of benzene rings is 1. The first-order valence-corrected chi connectivity index (χ1v) is 8.60. The SMILES string of the molecule is CC(CN(C(=O)c1cc(-c2ccc(Br)cc2)n[nH]1)C1CC1)C(=O)O. The molecule has 126 valence electrons. The molecule has 1 atom stereocenters. The Morgan fingerprint density at radius 3 is 2.62 bits per heavy atom. The fraction of sp³-hybridized carbons (Fsp3) is 0.353. The maximum absolute atomic E-state index is 12.7. The minimum atomic E-state index is -0.895. The molecule has 1 aromatic heterocycles. The number of carbonyl (C=O) groups excluding carboxylic acids is 1. The van der Waals surface area contributed by atoms with Crippen molar-refractivity contribution in [1.29, 1.82) is 0 Å². The van der Waals surface area contributed by atoms with Gasteiger partial charge in [-0.25, -0.2) is 0 Å². The number of hydrogen-bond donors (Lipinski definition) is 2. The lowest BCUT2D eigenvalue weighted by atomic mass is 10.1. The molecule has 0 saturated heterocycles. The molecular formula is C17H18BrN3O3. The summed E-state index contributed by atoms with van der Waals surface area (Å²) in [7, 11) is 0. The van der Waals surface area contributed by atoms with E-state index in [2.05, 4.69) is 26.1 Å². The van der Waals surface area contributed by atoms with Gasteiger partial charge in [-0.1, -0.05) is 35.0 Å². The van der Waals surface area contributed by atoms with Crippen molar-refractivity contribution in [2.75, 3.05) is 6.54 Å². The minimum absolute atomic E-state index is 0.138. The lowest BCUT2D eigenvalue weighted by Gasteiger charge is -2.23. The van der Waals surface area contributed by atoms with Crippen molar-refractivity contribution in [1.82, 2.24) is 15.1 Å². The van der Waals surface area contributed by atoms with E-state index in [9.17, 15) is 9.59 Å². The van der Waals surface area contributed by atoms with Gasteiger partial charge in [0.1, 0.15) is 5.69 Å². The molecular weight excluding hydrogens is 374 g/mol. The third kappa shape index (κ3) is 3.67. The molecule has 1 saturated carbocycles. The van der Waals surface area contributed by atoms with E-state index in [1.807, 2.05) is 24.3 Å². The number of halogens is 1. The number of carbonyl (C=O) groups is 2. The maximum atomic E-state index is 12.7. The Morgan fingerprint density at radius 2 is 2.04 bits per heavy atom. The Labute approximate surface area is 148 Å². The van der Waals surface area contributed by atoms with Crippen LogP contribution in [0.25, 0.3) is 11.3 Å². The predicted octanol–water partition coefficient (Wildman–Crippen LogP) is 3.16. The molecule has 1 aromatic carbocycles. The van der Waals surface area contributed by atoms with Crippen LogP contribution >= 0.6 is 15.9 Å². The van der Waals surface area contributed by atoms with Crippen LogP contribution in [0.4, 0.5) is 0 Å². The monoisotopic (exact) mass is 391 g/mol. The molecule has 3 rings (SSSR count). The molecule has 0 bridgehead atoms. The fourth-order valence-corrected chi connectivity index (χ4v) is 2.78. The normalized spacial score (nSPS) is 15.1. The van der Waals surface area contributed by atoms with Crippen LogP contribution in [0, 0.1) is 5.92 Å². The van der Waals surface area contributed by atoms with Gasteiger partial charge in [0.25, 0.3) is 5.91 Å². The fourth-order valence-electron chi connectivity index (χ4n) is 2.51. The summed E-state index contributed by atoms with van der Waals surface area (Å²) in [5, 5.41) is 16.1. The van der Waals surface area contributed by atoms with Crippen LogP contribution in [-0.4, -0.2) is 44.7 Å². The predicted molar refractivity (Wildman–Crippen MR) is 92.6 cm³/mol. The zero-order valence-corrected chi connectivity index (χ0v) is 14.8. The molecule has 6 nitrogen and oxygen atoms in total. The Morgan fingerprint density at radius 1 is 1.38 bits per heavy atom. The zero-order valence-electron chi connectivity index (χ0n) is 13.2. The number of rotatable bonds is 6. The Kier molecular flexibility index (Phi) is 4.71. The number of aromatic amines is 1. The van der Waals surface area contributed by atoms with Gasteiger partial charge in [-0.15, -0.1) is 0 Å². The lowest BCUT2D eigenvalue weighted by Crippen LogP contribution is -2.38. The molecule has 1 aliphatic carbocycles. The smallest absolute Gasteiger partial charge is 0.308 e. The number of nitrogens with zero attached hydrogens (tertiary/aromatic N) is 2. The van der Waals surface area contributed by atoms with E-state index in [0.29, 0.717) is 11.4 Å². The van der Waals surface area contributed by atoms with Crippen LogP contribution in [0.3, 0.4) is 0 Å². The summed E-state index contributed by atoms with van der Waals surface area (Å²) in [5.41, 5.74) is 1.98. The summed E-state index contributed by atoms with van der Waals surface area (Å²) in [6.07, 6.45) is 1.84. The summed E-state index contributed by atoms with van der Waals surface area (Å²) >= 11 is 3.39. The van der Waals surface area contributed by atoms with Crippen LogP contribution in [0.1, 0.15) is 30.3 Å². The van der Waals surface area contributed by atoms with Crippen molar-refractivity contribution in [3.8, 4) is 11.3 Å². The summed E-state index contributed by atoms with van der Waals surface area (Å²) in [5.74, 6) is -1.68. The van der Waals surface area contributed by atoms with Gasteiger partial charge in [0, 0.05) is 22.6 Å². The van der Waals surface area contributed by atoms with Gasteiger partial charge in [0.15, 0.2) is 0 Å². The third-order valence-electron chi connectivity index (χ3n) is 4.09. The molecule has 1 heterocycles. The first-order chi connectivity index (χ1) is 11.5. The van der Waals surface area contributed by atoms with E-state index in [0.717, 1.165) is 22.9 Å². The van der Waals surface area contributed by atoms with Crippen molar-refractivity contribution in [3.63, 3.8) is 0 Å². The maximum Gasteiger partial charge on any atom is 0.308 e. The van der Waals surface area contributed by atoms with Crippen LogP contribution < -0.4 is 0 Å². The number of carboxylic acid groups (broad SMARTS) is 1. The third-order valence-corrected chi connectivity index (χ3v) is 4.62. The van der Waals surface area contributed by atoms with E-state index in [1.165, 1.54) is 0 Å². The molecule has 1 fully saturated rings. The van der Waals surface area contributed by atoms with Crippen LogP contribution in [-0.2, 0) is 4.79 Å². The van der Waals surface area contributed by atoms with E-state index >= 15 is 0 Å². The van der Waals surface area contributed by atoms with Crippen LogP contribution in [0.2, 0.25) is 0 Å². The average molecular weight is 392 g/mol. The second kappa shape index (κ2) is 6.76. The van der Waals surface area contributed by atoms with Crippen molar-refractivity contribution in [2.24, 2.45) is 5.92 Å². The molecule has 0 radical (unpaired) electrons. The van der Waals surface area contributed by atoms with Crippen molar-refractivity contribution in [2.45, 2.75) is 25.8 Å². The topological polar surface area (TPSA) is 86.3 Å². The summed E-state index contributed by atoms with van der Waals surface area (Å²) in [4.78, 5) is 25.5. The van der Waals surface area contributed by atoms with Crippen molar-refractivity contribution >= 4 is 27.8 Å².